The first-order valence-corrected chi connectivity index (χ1v) is 12.3. The number of aryl methyl sites for hydroxylation is 1. The molecule has 2 aliphatic carbocycles. The number of hydrogen-bond donors (Lipinski definition) is 0. The molecule has 0 bridgehead atoms. The van der Waals surface area contributed by atoms with E-state index in [2.05, 4.69) is 61.8 Å². The van der Waals surface area contributed by atoms with Crippen molar-refractivity contribution in [2.24, 2.45) is 23.2 Å². The summed E-state index contributed by atoms with van der Waals surface area (Å²) in [6.07, 6.45) is 7.44. The molecule has 0 N–H and O–H groups in total. The van der Waals surface area contributed by atoms with Crippen LogP contribution in [0, 0.1) is 37.0 Å². The topological polar surface area (TPSA) is 32.8 Å². The number of fused-ring (bicyclic) bond motifs is 2. The number of piperazine rings is 1. The largest absolute Gasteiger partial charge is 0.461 e. The highest BCUT2D eigenvalue weighted by Gasteiger charge is 2.52. The van der Waals surface area contributed by atoms with Crippen molar-refractivity contribution in [1.82, 2.24) is 4.90 Å². The molecule has 0 radical (unpaired) electrons. The second-order valence-corrected chi connectivity index (χ2v) is 10.8. The average Bonchev–Trinajstić information content (AvgIpc) is 3.03. The second-order valence-electron chi connectivity index (χ2n) is 10.8. The number of ether oxygens (including phenoxy) is 1. The molecule has 5 rings (SSSR count). The molecule has 1 unspecified atom stereocenters. The molecular formula is C27H38N2O2. The summed E-state index contributed by atoms with van der Waals surface area (Å²) in [4.78, 5) is 17.9. The first kappa shape index (κ1) is 21.1. The van der Waals surface area contributed by atoms with Crippen LogP contribution in [0.15, 0.2) is 29.8 Å². The summed E-state index contributed by atoms with van der Waals surface area (Å²) in [5.41, 5.74) is 5.96. The van der Waals surface area contributed by atoms with Gasteiger partial charge in [-0.25, -0.2) is 0 Å². The van der Waals surface area contributed by atoms with Gasteiger partial charge in [-0.2, -0.15) is 0 Å². The maximum atomic E-state index is 12.9. The van der Waals surface area contributed by atoms with Crippen molar-refractivity contribution >= 4 is 11.7 Å². The Balaban J connectivity index is 1.27. The van der Waals surface area contributed by atoms with E-state index >= 15 is 0 Å². The van der Waals surface area contributed by atoms with Crippen molar-refractivity contribution in [3.63, 3.8) is 0 Å². The van der Waals surface area contributed by atoms with E-state index in [1.54, 1.807) is 5.57 Å². The Kier molecular flexibility index (Phi) is 5.40. The molecule has 2 heterocycles. The number of carbonyl (C=O) groups is 1. The molecule has 31 heavy (non-hydrogen) atoms. The lowest BCUT2D eigenvalue weighted by Crippen LogP contribution is -2.49. The van der Waals surface area contributed by atoms with Crippen LogP contribution in [0.3, 0.4) is 0 Å². The van der Waals surface area contributed by atoms with E-state index in [0.29, 0.717) is 5.92 Å². The Hall–Kier alpha value is -1.81. The van der Waals surface area contributed by atoms with Crippen molar-refractivity contribution in [2.75, 3.05) is 37.6 Å². The van der Waals surface area contributed by atoms with Crippen molar-refractivity contribution in [1.29, 1.82) is 0 Å². The highest BCUT2D eigenvalue weighted by atomic mass is 16.6. The number of benzene rings is 1. The Morgan fingerprint density at radius 3 is 2.71 bits per heavy atom. The number of allylic oxidation sites excluding steroid dienone is 1. The van der Waals surface area contributed by atoms with Crippen LogP contribution in [0.4, 0.5) is 5.69 Å². The van der Waals surface area contributed by atoms with E-state index < -0.39 is 0 Å². The molecule has 1 aromatic carbocycles. The average molecular weight is 423 g/mol. The Morgan fingerprint density at radius 2 is 1.94 bits per heavy atom. The lowest BCUT2D eigenvalue weighted by atomic mass is 9.59. The summed E-state index contributed by atoms with van der Waals surface area (Å²) in [6.45, 7) is 14.1. The summed E-state index contributed by atoms with van der Waals surface area (Å²) in [7, 11) is 0. The first-order chi connectivity index (χ1) is 14.9. The van der Waals surface area contributed by atoms with Crippen LogP contribution in [-0.4, -0.2) is 49.7 Å². The molecule has 0 spiro atoms. The fourth-order valence-electron chi connectivity index (χ4n) is 6.79. The molecule has 3 fully saturated rings. The van der Waals surface area contributed by atoms with E-state index in [0.717, 1.165) is 39.1 Å². The second kappa shape index (κ2) is 7.95. The van der Waals surface area contributed by atoms with Crippen LogP contribution < -0.4 is 4.90 Å². The lowest BCUT2D eigenvalue weighted by Gasteiger charge is -2.46. The summed E-state index contributed by atoms with van der Waals surface area (Å²) < 4.78 is 5.97. The van der Waals surface area contributed by atoms with Gasteiger partial charge in [0.05, 0.1) is 5.92 Å². The van der Waals surface area contributed by atoms with Crippen molar-refractivity contribution < 1.29 is 9.53 Å². The van der Waals surface area contributed by atoms with Gasteiger partial charge in [0.25, 0.3) is 0 Å². The number of hydrogen-bond acceptors (Lipinski definition) is 4. The Labute approximate surface area is 187 Å². The maximum Gasteiger partial charge on any atom is 0.311 e. The smallest absolute Gasteiger partial charge is 0.311 e. The van der Waals surface area contributed by atoms with Gasteiger partial charge in [-0.05, 0) is 61.6 Å². The van der Waals surface area contributed by atoms with E-state index in [4.69, 9.17) is 4.74 Å². The fourth-order valence-corrected chi connectivity index (χ4v) is 6.79. The Bertz CT molecular complexity index is 885. The quantitative estimate of drug-likeness (QED) is 0.520. The van der Waals surface area contributed by atoms with Gasteiger partial charge >= 0.3 is 5.97 Å². The van der Waals surface area contributed by atoms with Gasteiger partial charge in [-0.3, -0.25) is 9.69 Å². The van der Waals surface area contributed by atoms with Crippen LogP contribution in [0.5, 0.6) is 0 Å². The summed E-state index contributed by atoms with van der Waals surface area (Å²) in [5, 5.41) is 0. The van der Waals surface area contributed by atoms with Gasteiger partial charge in [-0.1, -0.05) is 44.1 Å². The predicted molar refractivity (Wildman–Crippen MR) is 125 cm³/mol. The first-order valence-electron chi connectivity index (χ1n) is 12.3. The number of esters is 1. The normalized spacial score (nSPS) is 35.9. The number of carbonyl (C=O) groups excluding carboxylic acids is 1. The SMILES string of the molecule is Cc1cccc(N2CCN(CC3C(=O)O[C@@H]4C[C@@]5(C)CCC[C@H](C)C5=C[C@H]34)CC2)c1C. The molecule has 0 aromatic heterocycles. The standard InChI is InChI=1S/C27H38N2O2/c1-18-7-5-9-24(20(18)3)29-13-11-28(12-14-29)17-22-21-15-23-19(2)8-6-10-27(23,4)16-25(21)31-26(22)30/h5,7,9,15,19,21-22,25H,6,8,10-14,16-17H2,1-4H3/t19-,21+,22?,25+,27+/m0/s1. The van der Waals surface area contributed by atoms with Gasteiger partial charge < -0.3 is 9.64 Å². The van der Waals surface area contributed by atoms with Crippen molar-refractivity contribution in [3.05, 3.63) is 41.0 Å². The van der Waals surface area contributed by atoms with E-state index in [-0.39, 0.29) is 29.3 Å². The van der Waals surface area contributed by atoms with E-state index in [1.165, 1.54) is 36.1 Å². The van der Waals surface area contributed by atoms with E-state index in [1.807, 2.05) is 0 Å². The van der Waals surface area contributed by atoms with Crippen LogP contribution in [0.1, 0.15) is 50.7 Å². The fraction of sp³-hybridized carbons (Fsp3) is 0.667. The van der Waals surface area contributed by atoms with Crippen LogP contribution in [-0.2, 0) is 9.53 Å². The molecular weight excluding hydrogens is 384 g/mol. The molecule has 1 aromatic rings. The third-order valence-electron chi connectivity index (χ3n) is 8.83. The monoisotopic (exact) mass is 422 g/mol. The third-order valence-corrected chi connectivity index (χ3v) is 8.83. The molecule has 1 saturated carbocycles. The highest BCUT2D eigenvalue weighted by Crippen LogP contribution is 2.54. The summed E-state index contributed by atoms with van der Waals surface area (Å²) in [5.74, 6) is 0.965. The molecule has 2 saturated heterocycles. The number of rotatable bonds is 3. The molecule has 4 heteroatoms. The van der Waals surface area contributed by atoms with Gasteiger partial charge in [0.1, 0.15) is 6.10 Å². The predicted octanol–water partition coefficient (Wildman–Crippen LogP) is 4.74. The van der Waals surface area contributed by atoms with Crippen LogP contribution in [0.25, 0.3) is 0 Å². The van der Waals surface area contributed by atoms with Crippen LogP contribution in [0.2, 0.25) is 0 Å². The zero-order valence-corrected chi connectivity index (χ0v) is 19.7. The number of nitrogens with zero attached hydrogens (tertiary/aromatic N) is 2. The highest BCUT2D eigenvalue weighted by molar-refractivity contribution is 5.76. The minimum absolute atomic E-state index is 0.00318. The van der Waals surface area contributed by atoms with E-state index in [9.17, 15) is 4.79 Å². The lowest BCUT2D eigenvalue weighted by molar-refractivity contribution is -0.145. The van der Waals surface area contributed by atoms with Gasteiger partial charge in [0.15, 0.2) is 0 Å². The minimum Gasteiger partial charge on any atom is -0.461 e. The van der Waals surface area contributed by atoms with Crippen LogP contribution >= 0.6 is 0 Å². The molecule has 2 aliphatic heterocycles. The number of anilines is 1. The van der Waals surface area contributed by atoms with Crippen molar-refractivity contribution in [2.45, 2.75) is 59.5 Å². The van der Waals surface area contributed by atoms with Gasteiger partial charge in [-0.15, -0.1) is 0 Å². The maximum absolute atomic E-state index is 12.9. The van der Waals surface area contributed by atoms with Gasteiger partial charge in [0, 0.05) is 44.3 Å². The molecule has 168 valence electrons. The molecule has 4 nitrogen and oxygen atoms in total. The zero-order chi connectivity index (χ0) is 21.8. The molecule has 0 amide bonds. The molecule has 4 aliphatic rings. The van der Waals surface area contributed by atoms with Gasteiger partial charge in [0.2, 0.25) is 0 Å². The minimum atomic E-state index is 0.00318. The summed E-state index contributed by atoms with van der Waals surface area (Å²) in [6, 6.07) is 6.59. The molecule has 5 atom stereocenters. The zero-order valence-electron chi connectivity index (χ0n) is 19.7. The summed E-state index contributed by atoms with van der Waals surface area (Å²) >= 11 is 0. The van der Waals surface area contributed by atoms with Crippen molar-refractivity contribution in [3.8, 4) is 0 Å². The third kappa shape index (κ3) is 3.71. The Morgan fingerprint density at radius 1 is 1.16 bits per heavy atom.